The Hall–Kier alpha value is -3.87. The normalized spacial score (nSPS) is 11.3. The molecule has 0 aliphatic rings. The number of anilines is 1. The van der Waals surface area contributed by atoms with Crippen LogP contribution in [0.3, 0.4) is 0 Å². The maximum Gasteiger partial charge on any atom is 0.251 e. The number of carbonyl (C=O) groups is 2. The Kier molecular flexibility index (Phi) is 7.22. The number of nitrogens with one attached hydrogen (secondary N) is 2. The van der Waals surface area contributed by atoms with Gasteiger partial charge in [0, 0.05) is 24.1 Å². The highest BCUT2D eigenvalue weighted by atomic mass is 16.5. The second kappa shape index (κ2) is 10.2. The van der Waals surface area contributed by atoms with Crippen LogP contribution in [-0.4, -0.2) is 29.9 Å². The highest BCUT2D eigenvalue weighted by Gasteiger charge is 2.14. The van der Waals surface area contributed by atoms with Crippen molar-refractivity contribution in [3.05, 3.63) is 78.0 Å². The zero-order chi connectivity index (χ0) is 22.2. The Labute approximate surface area is 181 Å². The van der Waals surface area contributed by atoms with Gasteiger partial charge in [0.15, 0.2) is 11.5 Å². The first kappa shape index (κ1) is 21.8. The summed E-state index contributed by atoms with van der Waals surface area (Å²) in [7, 11) is 1.58. The van der Waals surface area contributed by atoms with Gasteiger partial charge in [-0.1, -0.05) is 24.3 Å². The van der Waals surface area contributed by atoms with Crippen LogP contribution in [0, 0.1) is 6.92 Å². The van der Waals surface area contributed by atoms with Crippen molar-refractivity contribution in [2.24, 2.45) is 0 Å². The molecule has 0 radical (unpaired) electrons. The molecule has 2 amide bonds. The lowest BCUT2D eigenvalue weighted by Gasteiger charge is -2.14. The molecular formula is C24H25N3O4. The highest BCUT2D eigenvalue weighted by molar-refractivity contribution is 5.95. The number of pyridine rings is 1. The lowest BCUT2D eigenvalue weighted by molar-refractivity contribution is -0.116. The molecule has 160 valence electrons. The molecule has 1 atom stereocenters. The number of amides is 2. The van der Waals surface area contributed by atoms with Crippen molar-refractivity contribution in [2.45, 2.75) is 26.3 Å². The van der Waals surface area contributed by atoms with Crippen LogP contribution in [0.2, 0.25) is 0 Å². The molecule has 0 spiro atoms. The maximum absolute atomic E-state index is 12.3. The molecule has 3 aromatic rings. The summed E-state index contributed by atoms with van der Waals surface area (Å²) in [4.78, 5) is 28.7. The number of benzene rings is 2. The number of ether oxygens (including phenoxy) is 2. The SMILES string of the molecule is COc1cc(C)ccc1Oc1ccc(NC(=O)CC(C)NC(=O)c2ccccc2)cn1. The van der Waals surface area contributed by atoms with E-state index >= 15 is 0 Å². The maximum atomic E-state index is 12.3. The van der Waals surface area contributed by atoms with E-state index in [1.165, 1.54) is 6.20 Å². The molecule has 0 bridgehead atoms. The molecule has 1 aromatic heterocycles. The lowest BCUT2D eigenvalue weighted by atomic mass is 10.1. The fourth-order valence-corrected chi connectivity index (χ4v) is 2.92. The molecule has 0 saturated heterocycles. The summed E-state index contributed by atoms with van der Waals surface area (Å²) in [5.74, 6) is 1.11. The summed E-state index contributed by atoms with van der Waals surface area (Å²) in [6, 6.07) is 17.5. The van der Waals surface area contributed by atoms with Gasteiger partial charge in [0.05, 0.1) is 19.0 Å². The van der Waals surface area contributed by atoms with Crippen molar-refractivity contribution >= 4 is 17.5 Å². The summed E-state index contributed by atoms with van der Waals surface area (Å²) < 4.78 is 11.1. The van der Waals surface area contributed by atoms with Gasteiger partial charge in [0.1, 0.15) is 0 Å². The first-order valence-electron chi connectivity index (χ1n) is 9.89. The van der Waals surface area contributed by atoms with E-state index in [-0.39, 0.29) is 24.3 Å². The van der Waals surface area contributed by atoms with E-state index in [4.69, 9.17) is 9.47 Å². The van der Waals surface area contributed by atoms with Crippen LogP contribution in [0.5, 0.6) is 17.4 Å². The van der Waals surface area contributed by atoms with Crippen molar-refractivity contribution in [3.8, 4) is 17.4 Å². The first-order valence-corrected chi connectivity index (χ1v) is 9.89. The lowest BCUT2D eigenvalue weighted by Crippen LogP contribution is -2.35. The number of nitrogens with zero attached hydrogens (tertiary/aromatic N) is 1. The molecule has 2 aromatic carbocycles. The van der Waals surface area contributed by atoms with Crippen molar-refractivity contribution in [1.82, 2.24) is 10.3 Å². The summed E-state index contributed by atoms with van der Waals surface area (Å²) in [5, 5.41) is 5.59. The second-order valence-corrected chi connectivity index (χ2v) is 7.13. The van der Waals surface area contributed by atoms with Gasteiger partial charge in [-0.25, -0.2) is 4.98 Å². The summed E-state index contributed by atoms with van der Waals surface area (Å²) >= 11 is 0. The fraction of sp³-hybridized carbons (Fsp3) is 0.208. The van der Waals surface area contributed by atoms with Gasteiger partial charge in [0.25, 0.3) is 5.91 Å². The summed E-state index contributed by atoms with van der Waals surface area (Å²) in [5.41, 5.74) is 2.15. The monoisotopic (exact) mass is 419 g/mol. The van der Waals surface area contributed by atoms with Gasteiger partial charge in [-0.05, 0) is 49.7 Å². The van der Waals surface area contributed by atoms with Crippen molar-refractivity contribution in [1.29, 1.82) is 0 Å². The van der Waals surface area contributed by atoms with Crippen LogP contribution in [-0.2, 0) is 4.79 Å². The summed E-state index contributed by atoms with van der Waals surface area (Å²) in [6.45, 7) is 3.75. The Bertz CT molecular complexity index is 1040. The highest BCUT2D eigenvalue weighted by Crippen LogP contribution is 2.31. The molecule has 2 N–H and O–H groups in total. The molecule has 7 nitrogen and oxygen atoms in total. The van der Waals surface area contributed by atoms with E-state index in [0.29, 0.717) is 28.6 Å². The molecule has 7 heteroatoms. The van der Waals surface area contributed by atoms with Gasteiger partial charge in [-0.3, -0.25) is 9.59 Å². The number of aryl methyl sites for hydroxylation is 1. The van der Waals surface area contributed by atoms with Gasteiger partial charge in [0.2, 0.25) is 11.8 Å². The Balaban J connectivity index is 1.52. The molecule has 0 saturated carbocycles. The van der Waals surface area contributed by atoms with Gasteiger partial charge >= 0.3 is 0 Å². The average Bonchev–Trinajstić information content (AvgIpc) is 2.76. The Morgan fingerprint density at radius 3 is 2.48 bits per heavy atom. The molecular weight excluding hydrogens is 394 g/mol. The molecule has 0 aliphatic heterocycles. The molecule has 0 aliphatic carbocycles. The molecule has 1 heterocycles. The first-order chi connectivity index (χ1) is 14.9. The van der Waals surface area contributed by atoms with Gasteiger partial charge in [-0.15, -0.1) is 0 Å². The van der Waals surface area contributed by atoms with Crippen LogP contribution in [0.25, 0.3) is 0 Å². The van der Waals surface area contributed by atoms with Gasteiger partial charge < -0.3 is 20.1 Å². The number of methoxy groups -OCH3 is 1. The third kappa shape index (κ3) is 6.30. The number of aromatic nitrogens is 1. The van der Waals surface area contributed by atoms with E-state index in [9.17, 15) is 9.59 Å². The van der Waals surface area contributed by atoms with Crippen LogP contribution in [0.1, 0.15) is 29.3 Å². The van der Waals surface area contributed by atoms with Crippen LogP contribution in [0.4, 0.5) is 5.69 Å². The number of carbonyl (C=O) groups excluding carboxylic acids is 2. The van der Waals surface area contributed by atoms with Crippen molar-refractivity contribution in [3.63, 3.8) is 0 Å². The van der Waals surface area contributed by atoms with E-state index < -0.39 is 0 Å². The van der Waals surface area contributed by atoms with E-state index in [1.54, 1.807) is 50.4 Å². The zero-order valence-corrected chi connectivity index (χ0v) is 17.7. The molecule has 31 heavy (non-hydrogen) atoms. The molecule has 3 rings (SSSR count). The zero-order valence-electron chi connectivity index (χ0n) is 17.7. The third-order valence-corrected chi connectivity index (χ3v) is 4.46. The standard InChI is InChI=1S/C24H25N3O4/c1-16-9-11-20(21(13-16)30-3)31-23-12-10-19(15-25-23)27-22(28)14-17(2)26-24(29)18-7-5-4-6-8-18/h4-13,15,17H,14H2,1-3H3,(H,26,29)(H,27,28). The van der Waals surface area contributed by atoms with Crippen molar-refractivity contribution in [2.75, 3.05) is 12.4 Å². The topological polar surface area (TPSA) is 89.5 Å². The van der Waals surface area contributed by atoms with E-state index in [0.717, 1.165) is 5.56 Å². The Morgan fingerprint density at radius 2 is 1.81 bits per heavy atom. The molecule has 1 unspecified atom stereocenters. The predicted octanol–water partition coefficient (Wildman–Crippen LogP) is 4.34. The minimum Gasteiger partial charge on any atom is -0.493 e. The minimum absolute atomic E-state index is 0.136. The Morgan fingerprint density at radius 1 is 1.03 bits per heavy atom. The van der Waals surface area contributed by atoms with Gasteiger partial charge in [-0.2, -0.15) is 0 Å². The number of hydrogen-bond donors (Lipinski definition) is 2. The van der Waals surface area contributed by atoms with Crippen molar-refractivity contribution < 1.29 is 19.1 Å². The number of hydrogen-bond acceptors (Lipinski definition) is 5. The van der Waals surface area contributed by atoms with E-state index in [2.05, 4.69) is 15.6 Å². The fourth-order valence-electron chi connectivity index (χ4n) is 2.92. The van der Waals surface area contributed by atoms with Crippen LogP contribution >= 0.6 is 0 Å². The molecule has 0 fully saturated rings. The second-order valence-electron chi connectivity index (χ2n) is 7.13. The van der Waals surface area contributed by atoms with Crippen LogP contribution in [0.15, 0.2) is 66.9 Å². The van der Waals surface area contributed by atoms with E-state index in [1.807, 2.05) is 31.2 Å². The predicted molar refractivity (Wildman–Crippen MR) is 119 cm³/mol. The van der Waals surface area contributed by atoms with Crippen LogP contribution < -0.4 is 20.1 Å². The quantitative estimate of drug-likeness (QED) is 0.567. The average molecular weight is 419 g/mol. The summed E-state index contributed by atoms with van der Waals surface area (Å²) in [6.07, 6.45) is 1.65. The smallest absolute Gasteiger partial charge is 0.251 e. The third-order valence-electron chi connectivity index (χ3n) is 4.46. The number of rotatable bonds is 8. The minimum atomic E-state index is -0.322. The largest absolute Gasteiger partial charge is 0.493 e.